The number of unbranched alkanes of at least 4 members (excludes halogenated alkanes) is 3. The average Bonchev–Trinajstić information content (AvgIpc) is 2.80. The predicted octanol–water partition coefficient (Wildman–Crippen LogP) is 1.58. The van der Waals surface area contributed by atoms with Gasteiger partial charge >= 0.3 is 0 Å². The molecular weight excluding hydrogens is 216 g/mol. The van der Waals surface area contributed by atoms with Crippen molar-refractivity contribution in [2.75, 3.05) is 13.2 Å². The molecule has 4 heteroatoms. The zero-order valence-corrected chi connectivity index (χ0v) is 10.9. The third kappa shape index (κ3) is 6.03. The summed E-state index contributed by atoms with van der Waals surface area (Å²) < 4.78 is 5.51. The molecule has 0 spiro atoms. The number of hydrogen-bond donors (Lipinski definition) is 2. The van der Waals surface area contributed by atoms with E-state index in [1.807, 2.05) is 0 Å². The summed E-state index contributed by atoms with van der Waals surface area (Å²) in [5.41, 5.74) is 5.39. The van der Waals surface area contributed by atoms with Crippen LogP contribution in [-0.4, -0.2) is 31.2 Å². The summed E-state index contributed by atoms with van der Waals surface area (Å²) in [5, 5.41) is 3.24. The van der Waals surface area contributed by atoms with E-state index in [1.54, 1.807) is 0 Å². The molecule has 1 aliphatic rings. The molecule has 1 aliphatic heterocycles. The van der Waals surface area contributed by atoms with Gasteiger partial charge < -0.3 is 15.8 Å². The molecule has 0 aromatic rings. The molecule has 1 fully saturated rings. The van der Waals surface area contributed by atoms with E-state index in [-0.39, 0.29) is 18.1 Å². The van der Waals surface area contributed by atoms with E-state index in [0.29, 0.717) is 0 Å². The normalized spacial score (nSPS) is 21.6. The lowest BCUT2D eigenvalue weighted by molar-refractivity contribution is -0.120. The molecule has 1 heterocycles. The van der Waals surface area contributed by atoms with E-state index in [2.05, 4.69) is 12.2 Å². The van der Waals surface area contributed by atoms with Gasteiger partial charge in [-0.15, -0.1) is 0 Å². The highest BCUT2D eigenvalue weighted by Gasteiger charge is 2.19. The number of carbonyl (C=O) groups is 1. The van der Waals surface area contributed by atoms with Crippen molar-refractivity contribution in [3.63, 3.8) is 0 Å². The lowest BCUT2D eigenvalue weighted by Gasteiger charge is -2.18. The Morgan fingerprint density at radius 2 is 2.29 bits per heavy atom. The Morgan fingerprint density at radius 1 is 1.47 bits per heavy atom. The Labute approximate surface area is 104 Å². The zero-order valence-electron chi connectivity index (χ0n) is 10.9. The van der Waals surface area contributed by atoms with Crippen LogP contribution in [0.15, 0.2) is 0 Å². The van der Waals surface area contributed by atoms with Gasteiger partial charge in [-0.2, -0.15) is 0 Å². The summed E-state index contributed by atoms with van der Waals surface area (Å²) in [4.78, 5) is 11.3. The molecule has 4 nitrogen and oxygen atoms in total. The molecule has 0 bridgehead atoms. The Balaban J connectivity index is 2.15. The Bertz CT molecular complexity index is 215. The van der Waals surface area contributed by atoms with Crippen molar-refractivity contribution < 1.29 is 9.53 Å². The number of nitrogens with one attached hydrogen (secondary N) is 1. The van der Waals surface area contributed by atoms with Gasteiger partial charge in [0.15, 0.2) is 0 Å². The van der Waals surface area contributed by atoms with Crippen LogP contribution in [0.1, 0.15) is 51.9 Å². The molecule has 0 aromatic heterocycles. The largest absolute Gasteiger partial charge is 0.377 e. The first-order valence-electron chi connectivity index (χ1n) is 6.88. The summed E-state index contributed by atoms with van der Waals surface area (Å²) >= 11 is 0. The SMILES string of the molecule is CCCCCCC(NCC1CCCO1)C(N)=O. The summed E-state index contributed by atoms with van der Waals surface area (Å²) in [6, 6.07) is -0.184. The van der Waals surface area contributed by atoms with Crippen LogP contribution in [-0.2, 0) is 9.53 Å². The average molecular weight is 242 g/mol. The van der Waals surface area contributed by atoms with Gasteiger partial charge in [-0.25, -0.2) is 0 Å². The monoisotopic (exact) mass is 242 g/mol. The third-order valence-electron chi connectivity index (χ3n) is 3.31. The van der Waals surface area contributed by atoms with E-state index in [9.17, 15) is 4.79 Å². The molecule has 1 amide bonds. The van der Waals surface area contributed by atoms with Gasteiger partial charge in [-0.1, -0.05) is 32.6 Å². The molecule has 0 aromatic carbocycles. The van der Waals surface area contributed by atoms with Crippen LogP contribution < -0.4 is 11.1 Å². The molecule has 0 saturated carbocycles. The topological polar surface area (TPSA) is 64.3 Å². The zero-order chi connectivity index (χ0) is 12.5. The van der Waals surface area contributed by atoms with Crippen molar-refractivity contribution >= 4 is 5.91 Å². The van der Waals surface area contributed by atoms with Gasteiger partial charge in [0.25, 0.3) is 0 Å². The molecule has 17 heavy (non-hydrogen) atoms. The maximum absolute atomic E-state index is 11.3. The maximum atomic E-state index is 11.3. The lowest BCUT2D eigenvalue weighted by atomic mass is 10.1. The number of primary amides is 1. The minimum atomic E-state index is -0.237. The van der Waals surface area contributed by atoms with Gasteiger partial charge in [0.2, 0.25) is 5.91 Å². The molecular formula is C13H26N2O2. The van der Waals surface area contributed by atoms with Crippen molar-refractivity contribution in [1.29, 1.82) is 0 Å². The molecule has 100 valence electrons. The van der Waals surface area contributed by atoms with Crippen molar-refractivity contribution in [1.82, 2.24) is 5.32 Å². The second-order valence-electron chi connectivity index (χ2n) is 4.85. The number of ether oxygens (including phenoxy) is 1. The van der Waals surface area contributed by atoms with E-state index < -0.39 is 0 Å². The first-order valence-corrected chi connectivity index (χ1v) is 6.88. The fourth-order valence-corrected chi connectivity index (χ4v) is 2.20. The molecule has 3 N–H and O–H groups in total. The van der Waals surface area contributed by atoms with Crippen LogP contribution in [0.5, 0.6) is 0 Å². The highest BCUT2D eigenvalue weighted by molar-refractivity contribution is 5.79. The van der Waals surface area contributed by atoms with Crippen LogP contribution in [0.2, 0.25) is 0 Å². The molecule has 2 unspecified atom stereocenters. The quantitative estimate of drug-likeness (QED) is 0.603. The van der Waals surface area contributed by atoms with Gasteiger partial charge in [-0.05, 0) is 19.3 Å². The van der Waals surface area contributed by atoms with Gasteiger partial charge in [-0.3, -0.25) is 4.79 Å². The second-order valence-corrected chi connectivity index (χ2v) is 4.85. The van der Waals surface area contributed by atoms with Crippen molar-refractivity contribution in [3.8, 4) is 0 Å². The first-order chi connectivity index (χ1) is 8.24. The minimum Gasteiger partial charge on any atom is -0.377 e. The van der Waals surface area contributed by atoms with E-state index in [0.717, 1.165) is 38.8 Å². The molecule has 2 atom stereocenters. The number of hydrogen-bond acceptors (Lipinski definition) is 3. The molecule has 0 radical (unpaired) electrons. The molecule has 1 rings (SSSR count). The smallest absolute Gasteiger partial charge is 0.234 e. The van der Waals surface area contributed by atoms with Gasteiger partial charge in [0, 0.05) is 13.2 Å². The summed E-state index contributed by atoms with van der Waals surface area (Å²) in [6.45, 7) is 3.78. The lowest BCUT2D eigenvalue weighted by Crippen LogP contribution is -2.44. The highest BCUT2D eigenvalue weighted by Crippen LogP contribution is 2.11. The van der Waals surface area contributed by atoms with Crippen molar-refractivity contribution in [2.45, 2.75) is 64.0 Å². The summed E-state index contributed by atoms with van der Waals surface area (Å²) in [7, 11) is 0. The van der Waals surface area contributed by atoms with Crippen molar-refractivity contribution in [3.05, 3.63) is 0 Å². The van der Waals surface area contributed by atoms with Crippen molar-refractivity contribution in [2.24, 2.45) is 5.73 Å². The van der Waals surface area contributed by atoms with E-state index >= 15 is 0 Å². The van der Waals surface area contributed by atoms with Crippen LogP contribution in [0.3, 0.4) is 0 Å². The Hall–Kier alpha value is -0.610. The van der Waals surface area contributed by atoms with Gasteiger partial charge in [0.1, 0.15) is 0 Å². The highest BCUT2D eigenvalue weighted by atomic mass is 16.5. The number of amides is 1. The number of carbonyl (C=O) groups excluding carboxylic acids is 1. The summed E-state index contributed by atoms with van der Waals surface area (Å²) in [6.07, 6.45) is 8.04. The predicted molar refractivity (Wildman–Crippen MR) is 68.7 cm³/mol. The maximum Gasteiger partial charge on any atom is 0.234 e. The van der Waals surface area contributed by atoms with E-state index in [4.69, 9.17) is 10.5 Å². The fraction of sp³-hybridized carbons (Fsp3) is 0.923. The van der Waals surface area contributed by atoms with Crippen LogP contribution in [0.4, 0.5) is 0 Å². The number of rotatable bonds is 9. The van der Waals surface area contributed by atoms with Crippen LogP contribution in [0.25, 0.3) is 0 Å². The first kappa shape index (κ1) is 14.5. The van der Waals surface area contributed by atoms with Gasteiger partial charge in [0.05, 0.1) is 12.1 Å². The second kappa shape index (κ2) is 8.48. The van der Waals surface area contributed by atoms with Crippen LogP contribution >= 0.6 is 0 Å². The Kier molecular flexibility index (Phi) is 7.21. The Morgan fingerprint density at radius 3 is 2.88 bits per heavy atom. The van der Waals surface area contributed by atoms with Crippen LogP contribution in [0, 0.1) is 0 Å². The standard InChI is InChI=1S/C13H26N2O2/c1-2-3-4-5-8-12(13(14)16)15-10-11-7-6-9-17-11/h11-12,15H,2-10H2,1H3,(H2,14,16). The summed E-state index contributed by atoms with van der Waals surface area (Å²) in [5.74, 6) is -0.237. The molecule has 1 saturated heterocycles. The number of nitrogens with two attached hydrogens (primary N) is 1. The van der Waals surface area contributed by atoms with E-state index in [1.165, 1.54) is 19.3 Å². The minimum absolute atomic E-state index is 0.184. The molecule has 0 aliphatic carbocycles. The third-order valence-corrected chi connectivity index (χ3v) is 3.31. The fourth-order valence-electron chi connectivity index (χ4n) is 2.20.